The fraction of sp³-hybridized carbons (Fsp3) is 0.533. The molecule has 1 saturated heterocycles. The van der Waals surface area contributed by atoms with Gasteiger partial charge in [0, 0.05) is 11.8 Å². The van der Waals surface area contributed by atoms with Crippen LogP contribution in [0.2, 0.25) is 0 Å². The van der Waals surface area contributed by atoms with Crippen LogP contribution in [-0.4, -0.2) is 29.1 Å². The van der Waals surface area contributed by atoms with Crippen LogP contribution in [0.4, 0.5) is 0 Å². The first-order valence-electron chi connectivity index (χ1n) is 6.77. The molecule has 0 spiro atoms. The van der Waals surface area contributed by atoms with Crippen molar-refractivity contribution in [1.82, 2.24) is 5.32 Å². The molecule has 1 aromatic rings. The normalized spacial score (nSPS) is 26.3. The van der Waals surface area contributed by atoms with E-state index in [9.17, 15) is 4.79 Å². The van der Waals surface area contributed by atoms with Gasteiger partial charge in [-0.3, -0.25) is 10.1 Å². The summed E-state index contributed by atoms with van der Waals surface area (Å²) >= 11 is 1.83. The van der Waals surface area contributed by atoms with Gasteiger partial charge >= 0.3 is 5.97 Å². The molecule has 104 valence electrons. The summed E-state index contributed by atoms with van der Waals surface area (Å²) in [4.78, 5) is 12.3. The first-order chi connectivity index (χ1) is 9.19. The van der Waals surface area contributed by atoms with Gasteiger partial charge in [-0.15, -0.1) is 0 Å². The zero-order valence-corrected chi connectivity index (χ0v) is 12.3. The van der Waals surface area contributed by atoms with Crippen molar-refractivity contribution in [2.45, 2.75) is 37.6 Å². The molecule has 0 aromatic heterocycles. The van der Waals surface area contributed by atoms with Gasteiger partial charge in [0.1, 0.15) is 5.54 Å². The van der Waals surface area contributed by atoms with E-state index in [1.54, 1.807) is 0 Å². The third-order valence-electron chi connectivity index (χ3n) is 3.65. The van der Waals surface area contributed by atoms with E-state index in [4.69, 9.17) is 4.74 Å². The fourth-order valence-corrected chi connectivity index (χ4v) is 3.81. The summed E-state index contributed by atoms with van der Waals surface area (Å²) in [6.45, 7) is 5.09. The van der Waals surface area contributed by atoms with Crippen molar-refractivity contribution >= 4 is 17.7 Å². The molecule has 0 aliphatic carbocycles. The second-order valence-corrected chi connectivity index (χ2v) is 6.24. The Balaban J connectivity index is 2.08. The van der Waals surface area contributed by atoms with Gasteiger partial charge in [0.2, 0.25) is 0 Å². The van der Waals surface area contributed by atoms with Crippen LogP contribution in [0.3, 0.4) is 0 Å². The topological polar surface area (TPSA) is 38.3 Å². The third-order valence-corrected chi connectivity index (χ3v) is 4.99. The molecule has 2 atom stereocenters. The lowest BCUT2D eigenvalue weighted by atomic mass is 9.92. The Bertz CT molecular complexity index is 423. The summed E-state index contributed by atoms with van der Waals surface area (Å²) in [6.07, 6.45) is 0.838. The highest BCUT2D eigenvalue weighted by Crippen LogP contribution is 2.37. The van der Waals surface area contributed by atoms with E-state index in [-0.39, 0.29) is 11.2 Å². The second kappa shape index (κ2) is 6.44. The summed E-state index contributed by atoms with van der Waals surface area (Å²) in [6, 6.07) is 10.2. The Labute approximate surface area is 119 Å². The maximum atomic E-state index is 12.3. The van der Waals surface area contributed by atoms with Crippen molar-refractivity contribution in [3.63, 3.8) is 0 Å². The predicted molar refractivity (Wildman–Crippen MR) is 79.2 cm³/mol. The Kier molecular flexibility index (Phi) is 4.88. The molecule has 1 aliphatic heterocycles. The van der Waals surface area contributed by atoms with Gasteiger partial charge in [0.25, 0.3) is 0 Å². The Morgan fingerprint density at radius 2 is 2.21 bits per heavy atom. The van der Waals surface area contributed by atoms with Gasteiger partial charge in [0.15, 0.2) is 0 Å². The van der Waals surface area contributed by atoms with Crippen LogP contribution >= 0.6 is 11.8 Å². The zero-order chi connectivity index (χ0) is 13.7. The Morgan fingerprint density at radius 3 is 2.79 bits per heavy atom. The summed E-state index contributed by atoms with van der Waals surface area (Å²) < 4.78 is 5.27. The summed E-state index contributed by atoms with van der Waals surface area (Å²) in [7, 11) is 0. The number of benzene rings is 1. The average molecular weight is 279 g/mol. The largest absolute Gasteiger partial charge is 0.465 e. The lowest BCUT2D eigenvalue weighted by Gasteiger charge is -2.31. The van der Waals surface area contributed by atoms with Crippen LogP contribution < -0.4 is 5.32 Å². The first kappa shape index (κ1) is 14.4. The zero-order valence-electron chi connectivity index (χ0n) is 11.5. The molecule has 3 nitrogen and oxygen atoms in total. The molecular formula is C15H21NO2S. The molecule has 1 aromatic carbocycles. The van der Waals surface area contributed by atoms with Crippen molar-refractivity contribution in [2.75, 3.05) is 12.4 Å². The number of thioether (sulfide) groups is 1. The van der Waals surface area contributed by atoms with Crippen LogP contribution in [-0.2, 0) is 16.1 Å². The minimum Gasteiger partial charge on any atom is -0.465 e. The van der Waals surface area contributed by atoms with Crippen molar-refractivity contribution in [3.8, 4) is 0 Å². The minimum absolute atomic E-state index is 0.108. The Morgan fingerprint density at radius 1 is 1.47 bits per heavy atom. The molecule has 1 aliphatic rings. The SMILES string of the molecule is CCOC(=O)C1(NCc2ccccc2)CCSC1C. The lowest BCUT2D eigenvalue weighted by molar-refractivity contribution is -0.151. The van der Waals surface area contributed by atoms with Crippen molar-refractivity contribution in [2.24, 2.45) is 0 Å². The fourth-order valence-electron chi connectivity index (χ4n) is 2.43. The summed E-state index contributed by atoms with van der Waals surface area (Å²) in [5.74, 6) is 0.894. The van der Waals surface area contributed by atoms with E-state index in [1.807, 2.05) is 36.9 Å². The van der Waals surface area contributed by atoms with Gasteiger partial charge in [-0.2, -0.15) is 11.8 Å². The molecule has 0 radical (unpaired) electrons. The number of ether oxygens (including phenoxy) is 1. The molecular weight excluding hydrogens is 258 g/mol. The van der Waals surface area contributed by atoms with Crippen LogP contribution in [0.1, 0.15) is 25.8 Å². The van der Waals surface area contributed by atoms with Crippen molar-refractivity contribution in [3.05, 3.63) is 35.9 Å². The second-order valence-electron chi connectivity index (χ2n) is 4.79. The number of esters is 1. The van der Waals surface area contributed by atoms with Crippen LogP contribution in [0.15, 0.2) is 30.3 Å². The monoisotopic (exact) mass is 279 g/mol. The smallest absolute Gasteiger partial charge is 0.327 e. The van der Waals surface area contributed by atoms with E-state index < -0.39 is 5.54 Å². The molecule has 1 heterocycles. The Hall–Kier alpha value is -1.00. The van der Waals surface area contributed by atoms with Crippen LogP contribution in [0.25, 0.3) is 0 Å². The van der Waals surface area contributed by atoms with Crippen LogP contribution in [0.5, 0.6) is 0 Å². The standard InChI is InChI=1S/C15H21NO2S/c1-3-18-14(17)15(9-10-19-12(15)2)16-11-13-7-5-4-6-8-13/h4-8,12,16H,3,9-11H2,1-2H3. The van der Waals surface area contributed by atoms with E-state index in [1.165, 1.54) is 5.56 Å². The van der Waals surface area contributed by atoms with Gasteiger partial charge in [-0.1, -0.05) is 37.3 Å². The number of rotatable bonds is 5. The maximum Gasteiger partial charge on any atom is 0.327 e. The highest BCUT2D eigenvalue weighted by molar-refractivity contribution is 8.00. The molecule has 0 amide bonds. The average Bonchev–Trinajstić information content (AvgIpc) is 2.80. The van der Waals surface area contributed by atoms with Gasteiger partial charge in [-0.05, 0) is 24.7 Å². The highest BCUT2D eigenvalue weighted by Gasteiger charge is 2.48. The quantitative estimate of drug-likeness (QED) is 0.841. The van der Waals surface area contributed by atoms with E-state index in [0.717, 1.165) is 12.2 Å². The van der Waals surface area contributed by atoms with Crippen LogP contribution in [0, 0.1) is 0 Å². The van der Waals surface area contributed by atoms with E-state index in [2.05, 4.69) is 24.4 Å². The van der Waals surface area contributed by atoms with Gasteiger partial charge in [0.05, 0.1) is 6.61 Å². The van der Waals surface area contributed by atoms with E-state index in [0.29, 0.717) is 13.2 Å². The molecule has 19 heavy (non-hydrogen) atoms. The maximum absolute atomic E-state index is 12.3. The number of nitrogens with one attached hydrogen (secondary N) is 1. The van der Waals surface area contributed by atoms with Gasteiger partial charge < -0.3 is 4.74 Å². The highest BCUT2D eigenvalue weighted by atomic mass is 32.2. The molecule has 1 N–H and O–H groups in total. The van der Waals surface area contributed by atoms with E-state index >= 15 is 0 Å². The molecule has 0 bridgehead atoms. The number of hydrogen-bond acceptors (Lipinski definition) is 4. The minimum atomic E-state index is -0.531. The van der Waals surface area contributed by atoms with Crippen molar-refractivity contribution < 1.29 is 9.53 Å². The number of carbonyl (C=O) groups excluding carboxylic acids is 1. The van der Waals surface area contributed by atoms with Gasteiger partial charge in [-0.25, -0.2) is 0 Å². The molecule has 1 fully saturated rings. The molecule has 2 unspecified atom stereocenters. The summed E-state index contributed by atoms with van der Waals surface area (Å²) in [5.41, 5.74) is 0.659. The predicted octanol–water partition coefficient (Wildman–Crippen LogP) is 2.60. The summed E-state index contributed by atoms with van der Waals surface area (Å²) in [5, 5.41) is 3.70. The number of hydrogen-bond donors (Lipinski definition) is 1. The lowest BCUT2D eigenvalue weighted by Crippen LogP contribution is -2.56. The third kappa shape index (κ3) is 3.12. The molecule has 0 saturated carbocycles. The number of carbonyl (C=O) groups is 1. The first-order valence-corrected chi connectivity index (χ1v) is 7.81. The molecule has 4 heteroatoms. The molecule has 2 rings (SSSR count). The van der Waals surface area contributed by atoms with Crippen molar-refractivity contribution in [1.29, 1.82) is 0 Å².